The zero-order valence-corrected chi connectivity index (χ0v) is 19.5. The second kappa shape index (κ2) is 10.2. The molecule has 3 amide bonds. The number of carbonyl (C=O) groups excluding carboxylic acids is 3. The lowest BCUT2D eigenvalue weighted by molar-refractivity contribution is -0.132. The Hall–Kier alpha value is -3.15. The molecule has 0 radical (unpaired) electrons. The molecular weight excluding hydrogens is 414 g/mol. The van der Waals surface area contributed by atoms with Crippen molar-refractivity contribution in [2.45, 2.75) is 52.4 Å². The van der Waals surface area contributed by atoms with Crippen LogP contribution in [0.3, 0.4) is 0 Å². The first-order valence-electron chi connectivity index (χ1n) is 12.0. The minimum atomic E-state index is -0.329. The van der Waals surface area contributed by atoms with Gasteiger partial charge in [-0.25, -0.2) is 0 Å². The summed E-state index contributed by atoms with van der Waals surface area (Å²) in [7, 11) is 0. The molecule has 2 unspecified atom stereocenters. The van der Waals surface area contributed by atoms with Crippen LogP contribution in [-0.4, -0.2) is 24.3 Å². The molecule has 1 aliphatic heterocycles. The SMILES string of the molecule is CC(C)CC(=O)Nc1ccc(NC(=O)C2CCCCC2C(=O)N2CCc3ccccc32)cc1. The van der Waals surface area contributed by atoms with E-state index < -0.39 is 0 Å². The monoisotopic (exact) mass is 447 g/mol. The van der Waals surface area contributed by atoms with Gasteiger partial charge < -0.3 is 15.5 Å². The Morgan fingerprint density at radius 2 is 1.55 bits per heavy atom. The van der Waals surface area contributed by atoms with Crippen LogP contribution >= 0.6 is 0 Å². The average molecular weight is 448 g/mol. The van der Waals surface area contributed by atoms with E-state index in [0.717, 1.165) is 37.8 Å². The van der Waals surface area contributed by atoms with Gasteiger partial charge in [0.05, 0.1) is 5.92 Å². The van der Waals surface area contributed by atoms with Gasteiger partial charge in [-0.05, 0) is 61.1 Å². The smallest absolute Gasteiger partial charge is 0.230 e. The fourth-order valence-electron chi connectivity index (χ4n) is 4.96. The average Bonchev–Trinajstić information content (AvgIpc) is 3.23. The molecule has 2 atom stereocenters. The molecule has 0 spiro atoms. The highest BCUT2D eigenvalue weighted by molar-refractivity contribution is 6.02. The Kier molecular flexibility index (Phi) is 7.11. The van der Waals surface area contributed by atoms with Crippen molar-refractivity contribution in [2.24, 2.45) is 17.8 Å². The third-order valence-electron chi connectivity index (χ3n) is 6.60. The summed E-state index contributed by atoms with van der Waals surface area (Å²) in [4.78, 5) is 40.5. The van der Waals surface area contributed by atoms with Crippen molar-refractivity contribution in [3.8, 4) is 0 Å². The van der Waals surface area contributed by atoms with Crippen molar-refractivity contribution in [1.82, 2.24) is 0 Å². The molecule has 6 heteroatoms. The first kappa shape index (κ1) is 23.0. The molecular formula is C27H33N3O3. The fourth-order valence-corrected chi connectivity index (χ4v) is 4.96. The van der Waals surface area contributed by atoms with E-state index in [0.29, 0.717) is 30.3 Å². The van der Waals surface area contributed by atoms with Gasteiger partial charge in [-0.1, -0.05) is 44.9 Å². The molecule has 2 aromatic carbocycles. The summed E-state index contributed by atoms with van der Waals surface area (Å²) in [5.41, 5.74) is 3.56. The summed E-state index contributed by atoms with van der Waals surface area (Å²) in [6.45, 7) is 4.70. The number of hydrogen-bond donors (Lipinski definition) is 2. The van der Waals surface area contributed by atoms with Gasteiger partial charge in [-0.2, -0.15) is 0 Å². The van der Waals surface area contributed by atoms with E-state index in [1.807, 2.05) is 36.9 Å². The van der Waals surface area contributed by atoms with Gasteiger partial charge in [0, 0.05) is 35.9 Å². The van der Waals surface area contributed by atoms with Crippen LogP contribution < -0.4 is 15.5 Å². The lowest BCUT2D eigenvalue weighted by Crippen LogP contribution is -2.43. The summed E-state index contributed by atoms with van der Waals surface area (Å²) in [5, 5.41) is 5.87. The fraction of sp³-hybridized carbons (Fsp3) is 0.444. The van der Waals surface area contributed by atoms with Gasteiger partial charge in [0.2, 0.25) is 17.7 Å². The Balaban J connectivity index is 1.40. The molecule has 1 saturated carbocycles. The molecule has 2 aromatic rings. The topological polar surface area (TPSA) is 78.5 Å². The van der Waals surface area contributed by atoms with E-state index in [9.17, 15) is 14.4 Å². The van der Waals surface area contributed by atoms with Crippen LogP contribution in [0.25, 0.3) is 0 Å². The van der Waals surface area contributed by atoms with Crippen molar-refractivity contribution in [1.29, 1.82) is 0 Å². The molecule has 2 aliphatic rings. The van der Waals surface area contributed by atoms with Crippen LogP contribution in [0.1, 0.15) is 51.5 Å². The highest BCUT2D eigenvalue weighted by Crippen LogP contribution is 2.36. The molecule has 1 heterocycles. The normalized spacial score (nSPS) is 19.8. The molecule has 33 heavy (non-hydrogen) atoms. The molecule has 2 N–H and O–H groups in total. The number of hydrogen-bond acceptors (Lipinski definition) is 3. The second-order valence-corrected chi connectivity index (χ2v) is 9.58. The predicted molar refractivity (Wildman–Crippen MR) is 131 cm³/mol. The third kappa shape index (κ3) is 5.44. The van der Waals surface area contributed by atoms with Crippen molar-refractivity contribution in [3.05, 3.63) is 54.1 Å². The minimum absolute atomic E-state index is 0.0196. The van der Waals surface area contributed by atoms with Gasteiger partial charge in [0.15, 0.2) is 0 Å². The third-order valence-corrected chi connectivity index (χ3v) is 6.60. The number of nitrogens with one attached hydrogen (secondary N) is 2. The Bertz CT molecular complexity index is 1020. The lowest BCUT2D eigenvalue weighted by Gasteiger charge is -2.32. The van der Waals surface area contributed by atoms with Crippen LogP contribution in [-0.2, 0) is 20.8 Å². The van der Waals surface area contributed by atoms with Crippen LogP contribution in [0.4, 0.5) is 17.1 Å². The van der Waals surface area contributed by atoms with Gasteiger partial charge in [-0.3, -0.25) is 14.4 Å². The van der Waals surface area contributed by atoms with E-state index >= 15 is 0 Å². The minimum Gasteiger partial charge on any atom is -0.326 e. The highest BCUT2D eigenvalue weighted by Gasteiger charge is 2.39. The maximum Gasteiger partial charge on any atom is 0.230 e. The van der Waals surface area contributed by atoms with Gasteiger partial charge in [-0.15, -0.1) is 0 Å². The number of anilines is 3. The van der Waals surface area contributed by atoms with E-state index in [1.165, 1.54) is 5.56 Å². The molecule has 1 fully saturated rings. The van der Waals surface area contributed by atoms with Crippen molar-refractivity contribution in [3.63, 3.8) is 0 Å². The summed E-state index contributed by atoms with van der Waals surface area (Å²) in [5.74, 6) is -0.373. The number of para-hydroxylation sites is 1. The van der Waals surface area contributed by atoms with Crippen LogP contribution in [0.15, 0.2) is 48.5 Å². The molecule has 0 saturated heterocycles. The van der Waals surface area contributed by atoms with Gasteiger partial charge in [0.25, 0.3) is 0 Å². The lowest BCUT2D eigenvalue weighted by atomic mass is 9.77. The van der Waals surface area contributed by atoms with Crippen LogP contribution in [0.5, 0.6) is 0 Å². The van der Waals surface area contributed by atoms with Crippen molar-refractivity contribution in [2.75, 3.05) is 22.1 Å². The van der Waals surface area contributed by atoms with E-state index in [4.69, 9.17) is 0 Å². The number of fused-ring (bicyclic) bond motifs is 1. The molecule has 6 nitrogen and oxygen atoms in total. The Morgan fingerprint density at radius 1 is 0.909 bits per heavy atom. The maximum absolute atomic E-state index is 13.5. The summed E-state index contributed by atoms with van der Waals surface area (Å²) < 4.78 is 0. The standard InChI is InChI=1S/C27H33N3O3/c1-18(2)17-25(31)28-20-11-13-21(14-12-20)29-26(32)22-8-4-5-9-23(22)27(33)30-16-15-19-7-3-6-10-24(19)30/h3,6-7,10-14,18,22-23H,4-5,8-9,15-17H2,1-2H3,(H,28,31)(H,29,32). The summed E-state index contributed by atoms with van der Waals surface area (Å²) in [6, 6.07) is 15.2. The molecule has 174 valence electrons. The second-order valence-electron chi connectivity index (χ2n) is 9.58. The van der Waals surface area contributed by atoms with Crippen LogP contribution in [0.2, 0.25) is 0 Å². The largest absolute Gasteiger partial charge is 0.326 e. The number of amides is 3. The van der Waals surface area contributed by atoms with Gasteiger partial charge in [0.1, 0.15) is 0 Å². The predicted octanol–water partition coefficient (Wildman–Crippen LogP) is 5.01. The maximum atomic E-state index is 13.5. The quantitative estimate of drug-likeness (QED) is 0.654. The molecule has 4 rings (SSSR count). The number of carbonyl (C=O) groups is 3. The van der Waals surface area contributed by atoms with E-state index in [2.05, 4.69) is 16.7 Å². The molecule has 0 bridgehead atoms. The zero-order chi connectivity index (χ0) is 23.4. The Morgan fingerprint density at radius 3 is 2.24 bits per heavy atom. The molecule has 0 aromatic heterocycles. The zero-order valence-electron chi connectivity index (χ0n) is 19.5. The number of nitrogens with zero attached hydrogens (tertiary/aromatic N) is 1. The van der Waals surface area contributed by atoms with Crippen molar-refractivity contribution >= 4 is 34.8 Å². The first-order valence-corrected chi connectivity index (χ1v) is 12.0. The summed E-state index contributed by atoms with van der Waals surface area (Å²) in [6.07, 6.45) is 4.74. The van der Waals surface area contributed by atoms with Crippen LogP contribution in [0, 0.1) is 17.8 Å². The van der Waals surface area contributed by atoms with Crippen molar-refractivity contribution < 1.29 is 14.4 Å². The summed E-state index contributed by atoms with van der Waals surface area (Å²) >= 11 is 0. The van der Waals surface area contributed by atoms with E-state index in [-0.39, 0.29) is 29.6 Å². The number of benzene rings is 2. The first-order chi connectivity index (χ1) is 15.9. The number of rotatable bonds is 6. The van der Waals surface area contributed by atoms with Gasteiger partial charge >= 0.3 is 0 Å². The Labute approximate surface area is 195 Å². The van der Waals surface area contributed by atoms with E-state index in [1.54, 1.807) is 24.3 Å². The molecule has 1 aliphatic carbocycles. The highest BCUT2D eigenvalue weighted by atomic mass is 16.2.